The second-order valence-corrected chi connectivity index (χ2v) is 8.50. The highest BCUT2D eigenvalue weighted by atomic mass is 35.5. The normalized spacial score (nSPS) is 15.2. The maximum absolute atomic E-state index is 13.2. The molecule has 0 aliphatic carbocycles. The van der Waals surface area contributed by atoms with Gasteiger partial charge in [-0.25, -0.2) is 9.18 Å². The molecule has 0 spiro atoms. The summed E-state index contributed by atoms with van der Waals surface area (Å²) in [5.41, 5.74) is 2.89. The molecule has 6 nitrogen and oxygen atoms in total. The molecule has 0 saturated heterocycles. The summed E-state index contributed by atoms with van der Waals surface area (Å²) >= 11 is 5.97. The van der Waals surface area contributed by atoms with Crippen LogP contribution in [0, 0.1) is 5.82 Å². The van der Waals surface area contributed by atoms with Crippen molar-refractivity contribution in [3.05, 3.63) is 88.7 Å². The van der Waals surface area contributed by atoms with Crippen LogP contribution < -0.4 is 15.4 Å². The highest BCUT2D eigenvalue weighted by Crippen LogP contribution is 2.30. The minimum Gasteiger partial charge on any atom is -0.480 e. The van der Waals surface area contributed by atoms with Gasteiger partial charge in [-0.1, -0.05) is 36.7 Å². The molecule has 1 heterocycles. The van der Waals surface area contributed by atoms with Crippen LogP contribution in [0.1, 0.15) is 24.5 Å². The van der Waals surface area contributed by atoms with Gasteiger partial charge in [0.05, 0.1) is 0 Å². The minimum absolute atomic E-state index is 0.0889. The Labute approximate surface area is 202 Å². The first-order valence-corrected chi connectivity index (χ1v) is 11.5. The fourth-order valence-electron chi connectivity index (χ4n) is 3.81. The van der Waals surface area contributed by atoms with Crippen LogP contribution in [-0.4, -0.2) is 29.5 Å². The molecule has 1 aliphatic heterocycles. The van der Waals surface area contributed by atoms with Crippen molar-refractivity contribution in [2.24, 2.45) is 0 Å². The Bertz CT molecular complexity index is 1190. The number of nitrogens with zero attached hydrogens (tertiary/aromatic N) is 1. The van der Waals surface area contributed by atoms with Crippen LogP contribution in [0.2, 0.25) is 5.02 Å². The van der Waals surface area contributed by atoms with Gasteiger partial charge in [-0.15, -0.1) is 0 Å². The molecule has 0 saturated carbocycles. The first kappa shape index (κ1) is 23.6. The number of amides is 3. The first-order chi connectivity index (χ1) is 16.4. The second kappa shape index (κ2) is 10.6. The summed E-state index contributed by atoms with van der Waals surface area (Å²) < 4.78 is 19.2. The van der Waals surface area contributed by atoms with Crippen LogP contribution in [0.3, 0.4) is 0 Å². The van der Waals surface area contributed by atoms with Crippen LogP contribution >= 0.6 is 11.6 Å². The number of carbonyl (C=O) groups excluding carboxylic acids is 2. The fourth-order valence-corrected chi connectivity index (χ4v) is 4.00. The average Bonchev–Trinajstić information content (AvgIpc) is 2.94. The topological polar surface area (TPSA) is 70.7 Å². The van der Waals surface area contributed by atoms with Gasteiger partial charge in [-0.2, -0.15) is 0 Å². The van der Waals surface area contributed by atoms with Crippen molar-refractivity contribution in [1.29, 1.82) is 0 Å². The first-order valence-electron chi connectivity index (χ1n) is 11.1. The van der Waals surface area contributed by atoms with E-state index in [1.165, 1.54) is 12.1 Å². The average molecular weight is 482 g/mol. The molecule has 176 valence electrons. The van der Waals surface area contributed by atoms with Crippen molar-refractivity contribution in [1.82, 2.24) is 4.90 Å². The van der Waals surface area contributed by atoms with E-state index < -0.39 is 12.1 Å². The lowest BCUT2D eigenvalue weighted by Gasteiger charge is -2.23. The zero-order valence-electron chi connectivity index (χ0n) is 18.7. The predicted molar refractivity (Wildman–Crippen MR) is 131 cm³/mol. The highest BCUT2D eigenvalue weighted by molar-refractivity contribution is 6.30. The SMILES string of the molecule is CCC1Oc2ccc(NC(=O)Nc3cccc(Cl)c3)cc2CN(CCc2ccc(F)cc2)C1=O. The summed E-state index contributed by atoms with van der Waals surface area (Å²) in [4.78, 5) is 27.3. The molecule has 2 N–H and O–H groups in total. The molecule has 1 atom stereocenters. The number of ether oxygens (including phenoxy) is 1. The van der Waals surface area contributed by atoms with Gasteiger partial charge >= 0.3 is 6.03 Å². The van der Waals surface area contributed by atoms with Crippen molar-refractivity contribution in [3.8, 4) is 5.75 Å². The summed E-state index contributed by atoms with van der Waals surface area (Å²) in [6.45, 7) is 2.72. The third-order valence-corrected chi connectivity index (χ3v) is 5.81. The third-order valence-electron chi connectivity index (χ3n) is 5.57. The molecule has 8 heteroatoms. The third kappa shape index (κ3) is 5.85. The number of anilines is 2. The Morgan fingerprint density at radius 1 is 1.09 bits per heavy atom. The number of hydrogen-bond acceptors (Lipinski definition) is 3. The Hall–Kier alpha value is -3.58. The number of fused-ring (bicyclic) bond motifs is 1. The van der Waals surface area contributed by atoms with Gasteiger partial charge in [0, 0.05) is 35.1 Å². The van der Waals surface area contributed by atoms with Gasteiger partial charge in [0.15, 0.2) is 6.10 Å². The van der Waals surface area contributed by atoms with Crippen molar-refractivity contribution >= 4 is 34.9 Å². The predicted octanol–water partition coefficient (Wildman–Crippen LogP) is 5.87. The second-order valence-electron chi connectivity index (χ2n) is 8.06. The van der Waals surface area contributed by atoms with Crippen LogP contribution in [0.25, 0.3) is 0 Å². The number of hydrogen-bond donors (Lipinski definition) is 2. The lowest BCUT2D eigenvalue weighted by Crippen LogP contribution is -2.40. The van der Waals surface area contributed by atoms with Gasteiger partial charge < -0.3 is 20.3 Å². The Balaban J connectivity index is 1.48. The Morgan fingerprint density at radius 2 is 1.82 bits per heavy atom. The van der Waals surface area contributed by atoms with Gasteiger partial charge in [0.2, 0.25) is 0 Å². The van der Waals surface area contributed by atoms with Gasteiger partial charge in [0.1, 0.15) is 11.6 Å². The van der Waals surface area contributed by atoms with Crippen molar-refractivity contribution in [2.75, 3.05) is 17.2 Å². The molecule has 4 rings (SSSR count). The van der Waals surface area contributed by atoms with Gasteiger partial charge in [-0.3, -0.25) is 4.79 Å². The molecule has 0 radical (unpaired) electrons. The van der Waals surface area contributed by atoms with E-state index in [2.05, 4.69) is 10.6 Å². The molecule has 0 aromatic heterocycles. The van der Waals surface area contributed by atoms with E-state index in [0.29, 0.717) is 48.1 Å². The van der Waals surface area contributed by atoms with Crippen molar-refractivity contribution in [2.45, 2.75) is 32.4 Å². The number of urea groups is 1. The molecule has 0 fully saturated rings. The molecule has 1 unspecified atom stereocenters. The largest absolute Gasteiger partial charge is 0.480 e. The molecular weight excluding hydrogens is 457 g/mol. The van der Waals surface area contributed by atoms with Crippen molar-refractivity contribution < 1.29 is 18.7 Å². The van der Waals surface area contributed by atoms with Crippen LogP contribution in [-0.2, 0) is 17.8 Å². The van der Waals surface area contributed by atoms with Crippen LogP contribution in [0.4, 0.5) is 20.6 Å². The standard InChI is InChI=1S/C26H25ClFN3O3/c1-2-23-25(32)31(13-12-17-6-8-20(28)9-7-17)16-18-14-22(10-11-24(18)34-23)30-26(33)29-21-5-3-4-19(27)15-21/h3-11,14-15,23H,2,12-13,16H2,1H3,(H2,29,30,33). The van der Waals surface area contributed by atoms with Crippen LogP contribution in [0.15, 0.2) is 66.7 Å². The van der Waals surface area contributed by atoms with E-state index in [9.17, 15) is 14.0 Å². The van der Waals surface area contributed by atoms with E-state index in [1.807, 2.05) is 13.0 Å². The van der Waals surface area contributed by atoms with Crippen molar-refractivity contribution in [3.63, 3.8) is 0 Å². The maximum atomic E-state index is 13.2. The summed E-state index contributed by atoms with van der Waals surface area (Å²) in [6.07, 6.45) is 0.546. The Morgan fingerprint density at radius 3 is 2.53 bits per heavy atom. The summed E-state index contributed by atoms with van der Waals surface area (Å²) in [5.74, 6) is 0.238. The maximum Gasteiger partial charge on any atom is 0.323 e. The smallest absolute Gasteiger partial charge is 0.323 e. The summed E-state index contributed by atoms with van der Waals surface area (Å²) in [5, 5.41) is 6.07. The zero-order chi connectivity index (χ0) is 24.1. The monoisotopic (exact) mass is 481 g/mol. The van der Waals surface area contributed by atoms with E-state index in [0.717, 1.165) is 11.1 Å². The van der Waals surface area contributed by atoms with E-state index in [4.69, 9.17) is 16.3 Å². The molecule has 3 amide bonds. The summed E-state index contributed by atoms with van der Waals surface area (Å²) in [7, 11) is 0. The molecule has 3 aromatic carbocycles. The fraction of sp³-hybridized carbons (Fsp3) is 0.231. The molecule has 34 heavy (non-hydrogen) atoms. The highest BCUT2D eigenvalue weighted by Gasteiger charge is 2.29. The molecule has 3 aromatic rings. The van der Waals surface area contributed by atoms with Gasteiger partial charge in [0.25, 0.3) is 5.91 Å². The lowest BCUT2D eigenvalue weighted by atomic mass is 10.1. The lowest BCUT2D eigenvalue weighted by molar-refractivity contribution is -0.138. The molecule has 1 aliphatic rings. The molecule has 0 bridgehead atoms. The minimum atomic E-state index is -0.584. The van der Waals surface area contributed by atoms with E-state index in [1.54, 1.807) is 53.4 Å². The van der Waals surface area contributed by atoms with Crippen LogP contribution in [0.5, 0.6) is 5.75 Å². The Kier molecular flexibility index (Phi) is 7.33. The zero-order valence-corrected chi connectivity index (χ0v) is 19.4. The van der Waals surface area contributed by atoms with E-state index >= 15 is 0 Å². The quantitative estimate of drug-likeness (QED) is 0.463. The number of halogens is 2. The number of nitrogens with one attached hydrogen (secondary N) is 2. The summed E-state index contributed by atoms with van der Waals surface area (Å²) in [6, 6.07) is 18.1. The molecular formula is C26H25ClFN3O3. The van der Waals surface area contributed by atoms with E-state index in [-0.39, 0.29) is 11.7 Å². The number of benzene rings is 3. The van der Waals surface area contributed by atoms with Gasteiger partial charge in [-0.05, 0) is 66.9 Å². The number of rotatable bonds is 6. The number of carbonyl (C=O) groups is 2.